The highest BCUT2D eigenvalue weighted by Crippen LogP contribution is 2.42. The molecule has 1 fully saturated rings. The average Bonchev–Trinajstić information content (AvgIpc) is 2.24. The molecule has 0 radical (unpaired) electrons. The molecule has 1 rings (SSSR count). The van der Waals surface area contributed by atoms with E-state index in [0.29, 0.717) is 17.9 Å². The van der Waals surface area contributed by atoms with E-state index in [0.717, 1.165) is 13.1 Å². The smallest absolute Gasteiger partial charge is 0.234 e. The largest absolute Gasteiger partial charge is 0.383 e. The van der Waals surface area contributed by atoms with Crippen molar-refractivity contribution in [3.05, 3.63) is 0 Å². The highest BCUT2D eigenvalue weighted by molar-refractivity contribution is 8.00. The summed E-state index contributed by atoms with van der Waals surface area (Å²) in [7, 11) is 1.65. The van der Waals surface area contributed by atoms with E-state index >= 15 is 0 Å². The van der Waals surface area contributed by atoms with Crippen molar-refractivity contribution in [2.45, 2.75) is 24.0 Å². The summed E-state index contributed by atoms with van der Waals surface area (Å²) in [5.41, 5.74) is 0. The van der Waals surface area contributed by atoms with Gasteiger partial charge in [-0.25, -0.2) is 0 Å². The summed E-state index contributed by atoms with van der Waals surface area (Å²) in [6.07, 6.45) is 5.88. The van der Waals surface area contributed by atoms with Gasteiger partial charge in [0.05, 0.1) is 13.2 Å². The van der Waals surface area contributed by atoms with Crippen LogP contribution >= 0.6 is 11.8 Å². The second-order valence-electron chi connectivity index (χ2n) is 4.19. The standard InChI is InChI=1S/C11H22N2O2S/c1-15-7-6-12-8-10(14)13-9-11(16-2)4-3-5-11/h12H,3-9H2,1-2H3,(H,13,14). The fourth-order valence-electron chi connectivity index (χ4n) is 1.72. The molecule has 0 spiro atoms. The molecule has 1 aliphatic carbocycles. The van der Waals surface area contributed by atoms with Crippen LogP contribution in [0.25, 0.3) is 0 Å². The summed E-state index contributed by atoms with van der Waals surface area (Å²) < 4.78 is 5.21. The third-order valence-electron chi connectivity index (χ3n) is 3.07. The first kappa shape index (κ1) is 13.8. The summed E-state index contributed by atoms with van der Waals surface area (Å²) in [4.78, 5) is 11.5. The Morgan fingerprint density at radius 3 is 2.75 bits per heavy atom. The van der Waals surface area contributed by atoms with Gasteiger partial charge in [0.25, 0.3) is 0 Å². The fourth-order valence-corrected chi connectivity index (χ4v) is 2.64. The lowest BCUT2D eigenvalue weighted by Crippen LogP contribution is -2.47. The highest BCUT2D eigenvalue weighted by atomic mass is 32.2. The van der Waals surface area contributed by atoms with Crippen LogP contribution in [0.5, 0.6) is 0 Å². The number of rotatable bonds is 8. The molecule has 5 heteroatoms. The van der Waals surface area contributed by atoms with E-state index in [1.165, 1.54) is 19.3 Å². The van der Waals surface area contributed by atoms with Gasteiger partial charge in [0.2, 0.25) is 5.91 Å². The van der Waals surface area contributed by atoms with Gasteiger partial charge in [-0.3, -0.25) is 4.79 Å². The Balaban J connectivity index is 2.05. The molecule has 0 heterocycles. The third-order valence-corrected chi connectivity index (χ3v) is 4.49. The van der Waals surface area contributed by atoms with E-state index in [9.17, 15) is 4.79 Å². The molecule has 0 bridgehead atoms. The van der Waals surface area contributed by atoms with Crippen molar-refractivity contribution in [2.75, 3.05) is 39.6 Å². The minimum Gasteiger partial charge on any atom is -0.383 e. The molecule has 0 aromatic rings. The van der Waals surface area contributed by atoms with Crippen LogP contribution in [0.1, 0.15) is 19.3 Å². The maximum atomic E-state index is 11.5. The minimum atomic E-state index is 0.0800. The van der Waals surface area contributed by atoms with Gasteiger partial charge in [-0.15, -0.1) is 0 Å². The van der Waals surface area contributed by atoms with Crippen LogP contribution in [0.2, 0.25) is 0 Å². The number of nitrogens with one attached hydrogen (secondary N) is 2. The number of amides is 1. The zero-order valence-corrected chi connectivity index (χ0v) is 11.0. The molecule has 94 valence electrons. The topological polar surface area (TPSA) is 50.4 Å². The second-order valence-corrected chi connectivity index (χ2v) is 5.46. The Morgan fingerprint density at radius 1 is 1.50 bits per heavy atom. The molecule has 0 aromatic carbocycles. The van der Waals surface area contributed by atoms with Crippen molar-refractivity contribution in [1.29, 1.82) is 0 Å². The number of methoxy groups -OCH3 is 1. The van der Waals surface area contributed by atoms with Gasteiger partial charge < -0.3 is 15.4 Å². The highest BCUT2D eigenvalue weighted by Gasteiger charge is 2.36. The molecule has 4 nitrogen and oxygen atoms in total. The molecule has 2 N–H and O–H groups in total. The summed E-state index contributed by atoms with van der Waals surface area (Å²) in [6, 6.07) is 0. The van der Waals surface area contributed by atoms with Crippen LogP contribution in [0.3, 0.4) is 0 Å². The van der Waals surface area contributed by atoms with Crippen molar-refractivity contribution >= 4 is 17.7 Å². The van der Waals surface area contributed by atoms with E-state index in [1.807, 2.05) is 11.8 Å². The van der Waals surface area contributed by atoms with E-state index in [1.54, 1.807) is 7.11 Å². The average molecular weight is 246 g/mol. The van der Waals surface area contributed by atoms with Crippen LogP contribution in [0, 0.1) is 0 Å². The van der Waals surface area contributed by atoms with Gasteiger partial charge in [0.1, 0.15) is 0 Å². The predicted molar refractivity (Wildman–Crippen MR) is 67.9 cm³/mol. The number of hydrogen-bond acceptors (Lipinski definition) is 4. The molecule has 1 aliphatic rings. The van der Waals surface area contributed by atoms with E-state index < -0.39 is 0 Å². The molecular formula is C11H22N2O2S. The molecule has 0 aliphatic heterocycles. The Labute approximate surface area is 102 Å². The summed E-state index contributed by atoms with van der Waals surface area (Å²) >= 11 is 1.88. The monoisotopic (exact) mass is 246 g/mol. The van der Waals surface area contributed by atoms with Crippen molar-refractivity contribution < 1.29 is 9.53 Å². The lowest BCUT2D eigenvalue weighted by atomic mass is 9.84. The Hall–Kier alpha value is -0.260. The normalized spacial score (nSPS) is 17.9. The van der Waals surface area contributed by atoms with Gasteiger partial charge >= 0.3 is 0 Å². The van der Waals surface area contributed by atoms with E-state index in [-0.39, 0.29) is 5.91 Å². The Bertz CT molecular complexity index is 215. The zero-order chi connectivity index (χ0) is 11.9. The molecule has 1 saturated carbocycles. The maximum Gasteiger partial charge on any atom is 0.234 e. The lowest BCUT2D eigenvalue weighted by molar-refractivity contribution is -0.120. The Kier molecular flexibility index (Phi) is 6.16. The number of ether oxygens (including phenoxy) is 1. The second kappa shape index (κ2) is 7.14. The molecular weight excluding hydrogens is 224 g/mol. The lowest BCUT2D eigenvalue weighted by Gasteiger charge is -2.40. The first-order valence-electron chi connectivity index (χ1n) is 5.74. The molecule has 1 amide bonds. The van der Waals surface area contributed by atoms with Crippen molar-refractivity contribution in [3.8, 4) is 0 Å². The maximum absolute atomic E-state index is 11.5. The molecule has 0 aromatic heterocycles. The first-order chi connectivity index (χ1) is 7.72. The zero-order valence-electron chi connectivity index (χ0n) is 10.2. The number of carbonyl (C=O) groups is 1. The van der Waals surface area contributed by atoms with E-state index in [4.69, 9.17) is 4.74 Å². The van der Waals surface area contributed by atoms with Gasteiger partial charge in [-0.1, -0.05) is 6.42 Å². The number of carbonyl (C=O) groups excluding carboxylic acids is 1. The van der Waals surface area contributed by atoms with Crippen LogP contribution < -0.4 is 10.6 Å². The summed E-state index contributed by atoms with van der Waals surface area (Å²) in [6.45, 7) is 2.55. The van der Waals surface area contributed by atoms with Crippen molar-refractivity contribution in [1.82, 2.24) is 10.6 Å². The molecule has 16 heavy (non-hydrogen) atoms. The van der Waals surface area contributed by atoms with Crippen LogP contribution in [0.15, 0.2) is 0 Å². The quantitative estimate of drug-likeness (QED) is 0.617. The van der Waals surface area contributed by atoms with Crippen LogP contribution in [0.4, 0.5) is 0 Å². The van der Waals surface area contributed by atoms with Gasteiger partial charge in [0.15, 0.2) is 0 Å². The molecule has 0 saturated heterocycles. The first-order valence-corrected chi connectivity index (χ1v) is 6.96. The summed E-state index contributed by atoms with van der Waals surface area (Å²) in [5, 5.41) is 6.02. The third kappa shape index (κ3) is 4.31. The number of hydrogen-bond donors (Lipinski definition) is 2. The van der Waals surface area contributed by atoms with Crippen LogP contribution in [-0.4, -0.2) is 50.3 Å². The predicted octanol–water partition coefficient (Wildman–Crippen LogP) is 0.624. The van der Waals surface area contributed by atoms with Gasteiger partial charge in [-0.2, -0.15) is 11.8 Å². The minimum absolute atomic E-state index is 0.0800. The summed E-state index contributed by atoms with van der Waals surface area (Å²) in [5.74, 6) is 0.0800. The Morgan fingerprint density at radius 2 is 2.25 bits per heavy atom. The van der Waals surface area contributed by atoms with Crippen molar-refractivity contribution in [2.24, 2.45) is 0 Å². The van der Waals surface area contributed by atoms with Gasteiger partial charge in [-0.05, 0) is 19.1 Å². The molecule has 0 atom stereocenters. The van der Waals surface area contributed by atoms with Gasteiger partial charge in [0, 0.05) is 24.9 Å². The SMILES string of the molecule is COCCNCC(=O)NCC1(SC)CCC1. The fraction of sp³-hybridized carbons (Fsp3) is 0.909. The molecule has 0 unspecified atom stereocenters. The van der Waals surface area contributed by atoms with Crippen molar-refractivity contribution in [3.63, 3.8) is 0 Å². The van der Waals surface area contributed by atoms with Crippen LogP contribution in [-0.2, 0) is 9.53 Å². The number of thioether (sulfide) groups is 1. The van der Waals surface area contributed by atoms with E-state index in [2.05, 4.69) is 16.9 Å².